The molecule has 1 aliphatic carbocycles. The van der Waals surface area contributed by atoms with Crippen LogP contribution < -0.4 is 21.7 Å². The number of nitrogens with zero attached hydrogens (tertiary/aromatic N) is 2. The Morgan fingerprint density at radius 2 is 1.24 bits per heavy atom. The van der Waals surface area contributed by atoms with Gasteiger partial charge in [0, 0.05) is 26.1 Å². The first-order valence-corrected chi connectivity index (χ1v) is 23.6. The molecule has 5 amide bonds. The van der Waals surface area contributed by atoms with Crippen molar-refractivity contribution in [3.63, 3.8) is 0 Å². The molecule has 2 aromatic rings. The normalized spacial score (nSPS) is 17.7. The number of nitrogens with two attached hydrogens (primary N) is 1. The van der Waals surface area contributed by atoms with Crippen LogP contribution in [0.4, 0.5) is 0 Å². The fourth-order valence-corrected chi connectivity index (χ4v) is 9.50. The molecule has 0 bridgehead atoms. The maximum Gasteiger partial charge on any atom is 0.337 e. The van der Waals surface area contributed by atoms with Crippen LogP contribution in [0.15, 0.2) is 60.7 Å². The van der Waals surface area contributed by atoms with Crippen LogP contribution in [-0.2, 0) is 51.2 Å². The number of likely N-dealkylation sites (tertiary alicyclic amines) is 1. The summed E-state index contributed by atoms with van der Waals surface area (Å²) in [6.45, 7) is 14.6. The van der Waals surface area contributed by atoms with Crippen LogP contribution in [0, 0.1) is 28.1 Å². The van der Waals surface area contributed by atoms with Gasteiger partial charge in [0.25, 0.3) is 0 Å². The van der Waals surface area contributed by atoms with Crippen molar-refractivity contribution in [3.8, 4) is 0 Å². The smallest absolute Gasteiger partial charge is 0.337 e. The minimum Gasteiger partial charge on any atom is -0.481 e. The molecule has 4 rings (SSSR count). The quantitative estimate of drug-likeness (QED) is 0.0951. The summed E-state index contributed by atoms with van der Waals surface area (Å²) in [6, 6.07) is 12.3. The van der Waals surface area contributed by atoms with Gasteiger partial charge in [-0.15, -0.1) is 0 Å². The average molecular weight is 931 g/mol. The maximum absolute atomic E-state index is 15.5. The van der Waals surface area contributed by atoms with Gasteiger partial charge in [-0.3, -0.25) is 33.6 Å². The lowest BCUT2D eigenvalue weighted by Crippen LogP contribution is -2.69. The van der Waals surface area contributed by atoms with Crippen molar-refractivity contribution in [1.29, 1.82) is 0 Å². The molecule has 0 radical (unpaired) electrons. The second-order valence-corrected chi connectivity index (χ2v) is 21.3. The van der Waals surface area contributed by atoms with Crippen molar-refractivity contribution in [2.75, 3.05) is 20.1 Å². The van der Waals surface area contributed by atoms with Gasteiger partial charge in [0.05, 0.1) is 17.9 Å². The van der Waals surface area contributed by atoms with Crippen LogP contribution in [0.2, 0.25) is 0 Å². The van der Waals surface area contributed by atoms with Gasteiger partial charge in [-0.25, -0.2) is 4.79 Å². The van der Waals surface area contributed by atoms with Gasteiger partial charge in [-0.1, -0.05) is 129 Å². The van der Waals surface area contributed by atoms with Gasteiger partial charge in [0.2, 0.25) is 29.5 Å². The number of ketones is 1. The second-order valence-electron chi connectivity index (χ2n) is 21.3. The third kappa shape index (κ3) is 13.3. The Morgan fingerprint density at radius 1 is 0.731 bits per heavy atom. The van der Waals surface area contributed by atoms with E-state index in [0.29, 0.717) is 25.9 Å². The van der Waals surface area contributed by atoms with E-state index in [0.717, 1.165) is 28.9 Å². The molecule has 67 heavy (non-hydrogen) atoms. The van der Waals surface area contributed by atoms with E-state index in [1.165, 1.54) is 7.05 Å². The van der Waals surface area contributed by atoms with E-state index in [1.54, 1.807) is 60.3 Å². The van der Waals surface area contributed by atoms with Gasteiger partial charge in [-0.2, -0.15) is 0 Å². The van der Waals surface area contributed by atoms with Crippen molar-refractivity contribution in [3.05, 3.63) is 71.8 Å². The summed E-state index contributed by atoms with van der Waals surface area (Å²) < 4.78 is 0. The number of hydrogen-bond acceptors (Lipinski definition) is 9. The predicted molar refractivity (Wildman–Crippen MR) is 253 cm³/mol. The first-order chi connectivity index (χ1) is 31.2. The summed E-state index contributed by atoms with van der Waals surface area (Å²) in [7, 11) is 1.17. The van der Waals surface area contributed by atoms with Gasteiger partial charge in [0.15, 0.2) is 11.3 Å². The van der Waals surface area contributed by atoms with Crippen molar-refractivity contribution in [2.45, 2.75) is 149 Å². The minimum atomic E-state index is -2.57. The largest absolute Gasteiger partial charge is 0.481 e. The lowest BCUT2D eigenvalue weighted by atomic mass is 9.70. The zero-order valence-corrected chi connectivity index (χ0v) is 40.9. The fraction of sp³-hybridized carbons (Fsp3) is 0.608. The summed E-state index contributed by atoms with van der Waals surface area (Å²) >= 11 is 0. The molecular weight excluding hydrogens is 857 g/mol. The Kier molecular flexibility index (Phi) is 18.1. The molecule has 1 saturated heterocycles. The van der Waals surface area contributed by atoms with Crippen molar-refractivity contribution < 1.29 is 48.6 Å². The Morgan fingerprint density at radius 3 is 1.67 bits per heavy atom. The van der Waals surface area contributed by atoms with E-state index >= 15 is 9.59 Å². The average Bonchev–Trinajstić information content (AvgIpc) is 3.99. The lowest BCUT2D eigenvalue weighted by Gasteiger charge is -2.45. The van der Waals surface area contributed by atoms with E-state index in [-0.39, 0.29) is 38.0 Å². The first-order valence-electron chi connectivity index (χ1n) is 23.6. The standard InChI is InChI=1S/C51H74N6O10/c1-32(2)38(52)43(61)54-39(49(6,7)8)44(62)53-36(30-37(58)57-26-18-19-27-57)42(60)55-40(50(46(64)65)24-16-17-25-50)45(63)56(9)51(47(66)67,31-48(3,4)5)41(59)35(28-33-20-12-10-13-21-33)29-34-22-14-11-15-23-34/h10-15,20-23,32,35-36,38-40H,16-19,24-31,52H2,1-9H3,(H,53,62)(H,54,61)(H,55,60)(H,64,65)(H,66,67)/t36-,38-,39+,40+,51+/m0/s1. The van der Waals surface area contributed by atoms with Gasteiger partial charge >= 0.3 is 11.9 Å². The van der Waals surface area contributed by atoms with Crippen LogP contribution >= 0.6 is 0 Å². The first kappa shape index (κ1) is 54.0. The molecule has 2 aliphatic rings. The second kappa shape index (κ2) is 22.4. The number of nitrogens with one attached hydrogen (secondary N) is 3. The van der Waals surface area contributed by atoms with Crippen LogP contribution in [0.1, 0.15) is 118 Å². The third-order valence-electron chi connectivity index (χ3n) is 13.4. The lowest BCUT2D eigenvalue weighted by molar-refractivity contribution is -0.170. The van der Waals surface area contributed by atoms with E-state index in [1.807, 2.05) is 60.7 Å². The number of amides is 5. The van der Waals surface area contributed by atoms with Crippen LogP contribution in [0.25, 0.3) is 0 Å². The number of hydrogen-bond donors (Lipinski definition) is 6. The maximum atomic E-state index is 15.5. The summed E-state index contributed by atoms with van der Waals surface area (Å²) in [6.07, 6.45) is 1.31. The van der Waals surface area contributed by atoms with E-state index < -0.39 is 106 Å². The number of likely N-dealkylation sites (N-methyl/N-ethyl adjacent to an activating group) is 1. The predicted octanol–water partition coefficient (Wildman–Crippen LogP) is 4.52. The molecule has 0 spiro atoms. The fourth-order valence-electron chi connectivity index (χ4n) is 9.50. The summed E-state index contributed by atoms with van der Waals surface area (Å²) in [4.78, 5) is 117. The Bertz CT molecular complexity index is 2050. The van der Waals surface area contributed by atoms with Crippen molar-refractivity contribution >= 4 is 47.3 Å². The number of rotatable bonds is 21. The molecule has 0 unspecified atom stereocenters. The summed E-state index contributed by atoms with van der Waals surface area (Å²) in [5.74, 6) is -9.19. The van der Waals surface area contributed by atoms with Gasteiger partial charge < -0.3 is 41.7 Å². The van der Waals surface area contributed by atoms with Crippen LogP contribution in [-0.4, -0.2) is 117 Å². The molecule has 16 heteroatoms. The Balaban J connectivity index is 1.86. The highest BCUT2D eigenvalue weighted by molar-refractivity contribution is 6.12. The van der Waals surface area contributed by atoms with Gasteiger partial charge in [-0.05, 0) is 72.8 Å². The molecule has 5 atom stereocenters. The molecule has 0 aromatic heterocycles. The van der Waals surface area contributed by atoms with E-state index in [2.05, 4.69) is 16.0 Å². The number of benzene rings is 2. The zero-order valence-electron chi connectivity index (χ0n) is 40.9. The summed E-state index contributed by atoms with van der Waals surface area (Å²) in [5.41, 5.74) is 1.28. The van der Waals surface area contributed by atoms with E-state index in [4.69, 9.17) is 5.73 Å². The van der Waals surface area contributed by atoms with Crippen LogP contribution in [0.3, 0.4) is 0 Å². The Labute approximate surface area is 395 Å². The van der Waals surface area contributed by atoms with Crippen molar-refractivity contribution in [1.82, 2.24) is 25.8 Å². The highest BCUT2D eigenvalue weighted by atomic mass is 16.4. The SMILES string of the molecule is CC(C)[C@H](N)C(=O)N[C@H](C(=O)N[C@@H](CC(=O)N1CCCC1)C(=O)N[C@H](C(=O)N(C)[C@@](CC(C)(C)C)(C(=O)O)C(=O)C(Cc1ccccc1)Cc1ccccc1)C1(C(=O)O)CCCC1)C(C)(C)C. The number of carbonyl (C=O) groups excluding carboxylic acids is 6. The molecule has 2 aromatic carbocycles. The molecule has 7 N–H and O–H groups in total. The van der Waals surface area contributed by atoms with Gasteiger partial charge in [0.1, 0.15) is 18.1 Å². The highest BCUT2D eigenvalue weighted by Crippen LogP contribution is 2.44. The van der Waals surface area contributed by atoms with Crippen molar-refractivity contribution in [2.24, 2.45) is 33.8 Å². The number of carboxylic acid groups (broad SMARTS) is 2. The third-order valence-corrected chi connectivity index (χ3v) is 13.4. The topological polar surface area (TPSA) is 246 Å². The van der Waals surface area contributed by atoms with Crippen LogP contribution in [0.5, 0.6) is 0 Å². The molecule has 368 valence electrons. The molecule has 1 aliphatic heterocycles. The minimum absolute atomic E-state index is 0.0806. The monoisotopic (exact) mass is 931 g/mol. The molecule has 2 fully saturated rings. The molecule has 1 heterocycles. The number of carbonyl (C=O) groups is 8. The molecular formula is C51H74N6O10. The summed E-state index contributed by atoms with van der Waals surface area (Å²) in [5, 5.41) is 30.4. The Hall–Kier alpha value is -5.64. The zero-order chi connectivity index (χ0) is 50.1. The highest BCUT2D eigenvalue weighted by Gasteiger charge is 2.60. The van der Waals surface area contributed by atoms with E-state index in [9.17, 15) is 39.0 Å². The number of aliphatic carboxylic acids is 2. The molecule has 1 saturated carbocycles. The number of carboxylic acids is 2. The number of Topliss-reactive ketones (excluding diaryl/α,β-unsaturated/α-hetero) is 1. The molecule has 16 nitrogen and oxygen atoms in total.